The van der Waals surface area contributed by atoms with E-state index in [2.05, 4.69) is 22.0 Å². The Labute approximate surface area is 123 Å². The van der Waals surface area contributed by atoms with E-state index >= 15 is 0 Å². The highest BCUT2D eigenvalue weighted by atomic mass is 19.1. The number of fused-ring (bicyclic) bond motifs is 4. The Balaban J connectivity index is 1.75. The van der Waals surface area contributed by atoms with Crippen LogP contribution in [-0.2, 0) is 6.42 Å². The van der Waals surface area contributed by atoms with E-state index in [1.54, 1.807) is 13.3 Å². The highest BCUT2D eigenvalue weighted by molar-refractivity contribution is 5.56. The predicted octanol–water partition coefficient (Wildman–Crippen LogP) is 3.50. The monoisotopic (exact) mass is 284 g/mol. The molecular formula is C17H17FN2O. The number of benzene rings is 1. The van der Waals surface area contributed by atoms with Crippen LogP contribution >= 0.6 is 0 Å². The first-order valence-corrected chi connectivity index (χ1v) is 7.33. The molecule has 0 radical (unpaired) electrons. The summed E-state index contributed by atoms with van der Waals surface area (Å²) in [6.07, 6.45) is 4.51. The Kier molecular flexibility index (Phi) is 2.84. The minimum absolute atomic E-state index is 0.268. The Hall–Kier alpha value is -2.10. The van der Waals surface area contributed by atoms with E-state index in [9.17, 15) is 4.39 Å². The van der Waals surface area contributed by atoms with Crippen molar-refractivity contribution < 1.29 is 9.13 Å². The first-order valence-electron chi connectivity index (χ1n) is 7.33. The van der Waals surface area contributed by atoms with Crippen LogP contribution in [0.25, 0.3) is 0 Å². The molecule has 2 aromatic rings. The van der Waals surface area contributed by atoms with E-state index in [-0.39, 0.29) is 12.0 Å². The second kappa shape index (κ2) is 4.72. The first-order chi connectivity index (χ1) is 10.3. The van der Waals surface area contributed by atoms with Gasteiger partial charge in [0.15, 0.2) is 0 Å². The molecule has 0 N–H and O–H groups in total. The van der Waals surface area contributed by atoms with Gasteiger partial charge in [-0.3, -0.25) is 0 Å². The number of methoxy groups -OCH3 is 1. The Bertz CT molecular complexity index is 671. The second-order valence-electron chi connectivity index (χ2n) is 5.73. The van der Waals surface area contributed by atoms with Gasteiger partial charge in [-0.25, -0.2) is 4.98 Å². The van der Waals surface area contributed by atoms with Gasteiger partial charge in [-0.1, -0.05) is 0 Å². The van der Waals surface area contributed by atoms with Crippen LogP contribution in [0.5, 0.6) is 5.75 Å². The summed E-state index contributed by atoms with van der Waals surface area (Å²) in [5.41, 5.74) is 3.10. The van der Waals surface area contributed by atoms with E-state index in [0.29, 0.717) is 6.04 Å². The number of rotatable bonds is 2. The van der Waals surface area contributed by atoms with Gasteiger partial charge in [-0.15, -0.1) is 0 Å². The van der Waals surface area contributed by atoms with Crippen LogP contribution in [0.15, 0.2) is 36.5 Å². The number of anilines is 1. The summed E-state index contributed by atoms with van der Waals surface area (Å²) in [6, 6.07) is 10.8. The summed E-state index contributed by atoms with van der Waals surface area (Å²) in [5.74, 6) is 0.567. The topological polar surface area (TPSA) is 25.4 Å². The highest BCUT2D eigenvalue weighted by Crippen LogP contribution is 2.46. The van der Waals surface area contributed by atoms with Crippen LogP contribution in [0.3, 0.4) is 0 Å². The van der Waals surface area contributed by atoms with Crippen LogP contribution < -0.4 is 9.64 Å². The minimum atomic E-state index is -0.293. The van der Waals surface area contributed by atoms with Crippen molar-refractivity contribution in [2.75, 3.05) is 12.0 Å². The lowest BCUT2D eigenvalue weighted by atomic mass is 9.94. The molecule has 2 aliphatic rings. The Morgan fingerprint density at radius 2 is 2.00 bits per heavy atom. The summed E-state index contributed by atoms with van der Waals surface area (Å²) >= 11 is 0. The fourth-order valence-electron chi connectivity index (χ4n) is 3.76. The maximum Gasteiger partial charge on any atom is 0.216 e. The first kappa shape index (κ1) is 12.6. The van der Waals surface area contributed by atoms with Gasteiger partial charge in [0, 0.05) is 23.5 Å². The maximum atomic E-state index is 13.9. The standard InChI is InChI=1S/C17H17FN2O/c1-21-13-5-2-11(3-6-13)20-12-4-7-16(20)14-8-9-19-17(18)15(14)10-12/h2-3,5-6,8-9,12,16H,4,7,10H2,1H3. The lowest BCUT2D eigenvalue weighted by Gasteiger charge is -2.38. The van der Waals surface area contributed by atoms with Crippen LogP contribution in [-0.4, -0.2) is 18.1 Å². The molecule has 108 valence electrons. The van der Waals surface area contributed by atoms with Gasteiger partial charge >= 0.3 is 0 Å². The zero-order valence-electron chi connectivity index (χ0n) is 11.9. The zero-order chi connectivity index (χ0) is 14.4. The molecule has 0 spiro atoms. The van der Waals surface area contributed by atoms with E-state index in [1.165, 1.54) is 5.69 Å². The molecule has 1 fully saturated rings. The number of ether oxygens (including phenoxy) is 1. The molecule has 2 bridgehead atoms. The molecule has 2 unspecified atom stereocenters. The molecule has 0 saturated carbocycles. The van der Waals surface area contributed by atoms with Crippen molar-refractivity contribution >= 4 is 5.69 Å². The summed E-state index contributed by atoms with van der Waals surface area (Å²) in [7, 11) is 1.67. The second-order valence-corrected chi connectivity index (χ2v) is 5.73. The van der Waals surface area contributed by atoms with E-state index < -0.39 is 0 Å². The maximum absolute atomic E-state index is 13.9. The van der Waals surface area contributed by atoms with Crippen molar-refractivity contribution in [3.05, 3.63) is 53.6 Å². The predicted molar refractivity (Wildman–Crippen MR) is 79.1 cm³/mol. The lowest BCUT2D eigenvalue weighted by Crippen LogP contribution is -2.38. The third kappa shape index (κ3) is 1.89. The number of halogens is 1. The molecule has 1 saturated heterocycles. The van der Waals surface area contributed by atoms with Crippen LogP contribution in [0.2, 0.25) is 0 Å². The Morgan fingerprint density at radius 3 is 2.76 bits per heavy atom. The van der Waals surface area contributed by atoms with Crippen molar-refractivity contribution in [3.63, 3.8) is 0 Å². The Morgan fingerprint density at radius 1 is 1.19 bits per heavy atom. The number of nitrogens with zero attached hydrogens (tertiary/aromatic N) is 2. The largest absolute Gasteiger partial charge is 0.497 e. The molecule has 21 heavy (non-hydrogen) atoms. The molecule has 1 aromatic carbocycles. The van der Waals surface area contributed by atoms with Crippen molar-refractivity contribution in [2.45, 2.75) is 31.3 Å². The normalized spacial score (nSPS) is 23.0. The molecule has 3 nitrogen and oxygen atoms in total. The third-order valence-electron chi connectivity index (χ3n) is 4.71. The number of pyridine rings is 1. The van der Waals surface area contributed by atoms with Crippen molar-refractivity contribution in [1.29, 1.82) is 0 Å². The fraction of sp³-hybridized carbons (Fsp3) is 0.353. The number of hydrogen-bond acceptors (Lipinski definition) is 3. The molecule has 4 rings (SSSR count). The average Bonchev–Trinajstić information content (AvgIpc) is 2.84. The summed E-state index contributed by atoms with van der Waals surface area (Å²) < 4.78 is 19.1. The molecule has 2 atom stereocenters. The van der Waals surface area contributed by atoms with Crippen molar-refractivity contribution in [2.24, 2.45) is 0 Å². The van der Waals surface area contributed by atoms with Gasteiger partial charge in [-0.05, 0) is 55.2 Å². The molecule has 0 aliphatic carbocycles. The van der Waals surface area contributed by atoms with Gasteiger partial charge in [0.1, 0.15) is 5.75 Å². The average molecular weight is 284 g/mol. The fourth-order valence-corrected chi connectivity index (χ4v) is 3.76. The molecular weight excluding hydrogens is 267 g/mol. The molecule has 4 heteroatoms. The van der Waals surface area contributed by atoms with E-state index in [1.807, 2.05) is 18.2 Å². The van der Waals surface area contributed by atoms with Gasteiger partial charge in [0.05, 0.1) is 13.2 Å². The molecule has 1 aromatic heterocycles. The van der Waals surface area contributed by atoms with E-state index in [0.717, 1.165) is 36.1 Å². The van der Waals surface area contributed by atoms with Crippen molar-refractivity contribution in [1.82, 2.24) is 4.98 Å². The molecule has 2 aliphatic heterocycles. The highest BCUT2D eigenvalue weighted by Gasteiger charge is 2.41. The zero-order valence-corrected chi connectivity index (χ0v) is 11.9. The summed E-state index contributed by atoms with van der Waals surface area (Å²) in [5, 5.41) is 0. The van der Waals surface area contributed by atoms with Gasteiger partial charge < -0.3 is 9.64 Å². The van der Waals surface area contributed by atoms with Gasteiger partial charge in [-0.2, -0.15) is 4.39 Å². The quantitative estimate of drug-likeness (QED) is 0.789. The number of aromatic nitrogens is 1. The van der Waals surface area contributed by atoms with Crippen LogP contribution in [0.1, 0.15) is 30.0 Å². The number of hydrogen-bond donors (Lipinski definition) is 0. The summed E-state index contributed by atoms with van der Waals surface area (Å²) in [4.78, 5) is 6.24. The smallest absolute Gasteiger partial charge is 0.216 e. The lowest BCUT2D eigenvalue weighted by molar-refractivity contribution is 0.414. The van der Waals surface area contributed by atoms with Crippen molar-refractivity contribution in [3.8, 4) is 5.75 Å². The third-order valence-corrected chi connectivity index (χ3v) is 4.71. The molecule has 3 heterocycles. The van der Waals surface area contributed by atoms with E-state index in [4.69, 9.17) is 4.74 Å². The SMILES string of the molecule is COc1ccc(N2C3CCC2c2ccnc(F)c2C3)cc1. The minimum Gasteiger partial charge on any atom is -0.497 e. The molecule has 0 amide bonds. The summed E-state index contributed by atoms with van der Waals surface area (Å²) in [6.45, 7) is 0. The van der Waals surface area contributed by atoms with Crippen LogP contribution in [0.4, 0.5) is 10.1 Å². The van der Waals surface area contributed by atoms with Crippen LogP contribution in [0, 0.1) is 5.95 Å². The van der Waals surface area contributed by atoms with Gasteiger partial charge in [0.25, 0.3) is 0 Å². The van der Waals surface area contributed by atoms with Gasteiger partial charge in [0.2, 0.25) is 5.95 Å².